The maximum atomic E-state index is 13.2. The Morgan fingerprint density at radius 1 is 0.507 bits per heavy atom. The van der Waals surface area contributed by atoms with E-state index >= 15 is 0 Å². The number of amides is 1. The van der Waals surface area contributed by atoms with Crippen molar-refractivity contribution in [2.24, 2.45) is 0 Å². The van der Waals surface area contributed by atoms with E-state index in [-0.39, 0.29) is 18.9 Å². The molecule has 2 heterocycles. The van der Waals surface area contributed by atoms with Gasteiger partial charge in [-0.2, -0.15) is 0 Å². The molecule has 2 saturated heterocycles. The van der Waals surface area contributed by atoms with E-state index in [9.17, 15) is 45.6 Å². The summed E-state index contributed by atoms with van der Waals surface area (Å²) in [5.74, 6) is -0.235. The zero-order valence-electron chi connectivity index (χ0n) is 43.6. The number of carbonyl (C=O) groups excluding carboxylic acids is 1. The van der Waals surface area contributed by atoms with Crippen LogP contribution in [0.25, 0.3) is 0 Å². The molecule has 408 valence electrons. The molecule has 0 aromatic heterocycles. The second-order valence-corrected chi connectivity index (χ2v) is 20.4. The van der Waals surface area contributed by atoms with Crippen LogP contribution in [0.1, 0.15) is 239 Å². The molecule has 0 aromatic rings. The Labute approximate surface area is 418 Å². The first-order valence-corrected chi connectivity index (χ1v) is 28.4. The van der Waals surface area contributed by atoms with E-state index in [0.29, 0.717) is 6.42 Å². The zero-order valence-corrected chi connectivity index (χ0v) is 43.6. The molecule has 0 aliphatic carbocycles. The van der Waals surface area contributed by atoms with Crippen LogP contribution in [0.5, 0.6) is 0 Å². The molecule has 12 atom stereocenters. The molecule has 0 bridgehead atoms. The molecule has 2 fully saturated rings. The first-order valence-electron chi connectivity index (χ1n) is 28.4. The van der Waals surface area contributed by atoms with Gasteiger partial charge in [-0.05, 0) is 19.3 Å². The van der Waals surface area contributed by atoms with Gasteiger partial charge in [0.1, 0.15) is 48.8 Å². The first-order chi connectivity index (χ1) is 33.6. The van der Waals surface area contributed by atoms with E-state index in [0.717, 1.165) is 38.5 Å². The third-order valence-electron chi connectivity index (χ3n) is 14.2. The maximum absolute atomic E-state index is 13.2. The molecule has 0 aromatic carbocycles. The van der Waals surface area contributed by atoms with Gasteiger partial charge in [-0.1, -0.05) is 225 Å². The van der Waals surface area contributed by atoms with E-state index in [1.165, 1.54) is 173 Å². The number of aliphatic hydroxyl groups excluding tert-OH is 8. The van der Waals surface area contributed by atoms with Crippen molar-refractivity contribution >= 4 is 5.91 Å². The van der Waals surface area contributed by atoms with Crippen molar-refractivity contribution in [3.63, 3.8) is 0 Å². The minimum Gasteiger partial charge on any atom is -0.394 e. The predicted octanol–water partition coefficient (Wildman–Crippen LogP) is 8.72. The molecule has 0 radical (unpaired) electrons. The molecule has 69 heavy (non-hydrogen) atoms. The van der Waals surface area contributed by atoms with Gasteiger partial charge in [0.2, 0.25) is 5.91 Å². The molecule has 14 heteroatoms. The highest BCUT2D eigenvalue weighted by molar-refractivity contribution is 5.76. The molecular formula is C55H105NO13. The molecule has 2 aliphatic rings. The van der Waals surface area contributed by atoms with Crippen molar-refractivity contribution in [1.29, 1.82) is 0 Å². The Morgan fingerprint density at radius 3 is 1.33 bits per heavy atom. The van der Waals surface area contributed by atoms with Crippen molar-refractivity contribution in [1.82, 2.24) is 5.32 Å². The van der Waals surface area contributed by atoms with Crippen LogP contribution in [0.2, 0.25) is 0 Å². The molecular weight excluding hydrogens is 883 g/mol. The minimum atomic E-state index is -1.78. The third-order valence-corrected chi connectivity index (χ3v) is 14.2. The lowest BCUT2D eigenvalue weighted by molar-refractivity contribution is -0.359. The molecule has 4 unspecified atom stereocenters. The topological polar surface area (TPSA) is 228 Å². The Bertz CT molecular complexity index is 1210. The number of rotatable bonds is 45. The SMILES string of the molecule is CCCCCCCCCCCCCCC/C=C/[C@@H](O)[C@H](CO[C@@H]1O[C@H](CO)[C@@H](O[C@@H]2O[C@H](CO)[C@H](O)C(O)C2O)C(O)C1O)NC(=O)CCCCCCCCCCCCCCCCCCCCCC. The summed E-state index contributed by atoms with van der Waals surface area (Å²) in [6.45, 7) is 2.82. The summed E-state index contributed by atoms with van der Waals surface area (Å²) in [5.41, 5.74) is 0. The lowest BCUT2D eigenvalue weighted by Crippen LogP contribution is -2.65. The van der Waals surface area contributed by atoms with Crippen LogP contribution in [0, 0.1) is 0 Å². The number of unbranched alkanes of at least 4 members (excludes halogenated alkanes) is 32. The smallest absolute Gasteiger partial charge is 0.220 e. The number of hydrogen-bond donors (Lipinski definition) is 9. The molecule has 0 spiro atoms. The Morgan fingerprint density at radius 2 is 0.899 bits per heavy atom. The van der Waals surface area contributed by atoms with Gasteiger partial charge in [-0.25, -0.2) is 0 Å². The van der Waals surface area contributed by atoms with Crippen LogP contribution in [0.4, 0.5) is 0 Å². The maximum Gasteiger partial charge on any atom is 0.220 e. The molecule has 2 aliphatic heterocycles. The highest BCUT2D eigenvalue weighted by Crippen LogP contribution is 2.30. The highest BCUT2D eigenvalue weighted by Gasteiger charge is 2.51. The number of aliphatic hydroxyl groups is 8. The average Bonchev–Trinajstić information content (AvgIpc) is 3.35. The largest absolute Gasteiger partial charge is 0.394 e. The van der Waals surface area contributed by atoms with Crippen molar-refractivity contribution in [2.45, 2.75) is 312 Å². The molecule has 2 rings (SSSR count). The van der Waals surface area contributed by atoms with Gasteiger partial charge < -0.3 is 65.1 Å². The second-order valence-electron chi connectivity index (χ2n) is 20.4. The van der Waals surface area contributed by atoms with Crippen molar-refractivity contribution in [3.05, 3.63) is 12.2 Å². The van der Waals surface area contributed by atoms with Crippen LogP contribution in [-0.4, -0.2) is 140 Å². The third kappa shape index (κ3) is 28.7. The van der Waals surface area contributed by atoms with E-state index in [1.54, 1.807) is 6.08 Å². The molecule has 0 saturated carbocycles. The van der Waals surface area contributed by atoms with Crippen molar-refractivity contribution in [2.75, 3.05) is 19.8 Å². The Balaban J connectivity index is 1.78. The van der Waals surface area contributed by atoms with E-state index in [2.05, 4.69) is 19.2 Å². The number of carbonyl (C=O) groups is 1. The highest BCUT2D eigenvalue weighted by atomic mass is 16.7. The summed E-state index contributed by atoms with van der Waals surface area (Å²) in [7, 11) is 0. The van der Waals surface area contributed by atoms with Crippen LogP contribution in [0.3, 0.4) is 0 Å². The first kappa shape index (κ1) is 63.8. The summed E-state index contributed by atoms with van der Waals surface area (Å²) in [6.07, 6.45) is 29.6. The molecule has 14 nitrogen and oxygen atoms in total. The Kier molecular flexibility index (Phi) is 39.0. The fraction of sp³-hybridized carbons (Fsp3) is 0.945. The second kappa shape index (κ2) is 42.1. The average molecular weight is 988 g/mol. The fourth-order valence-electron chi connectivity index (χ4n) is 9.59. The van der Waals surface area contributed by atoms with Gasteiger partial charge in [0.15, 0.2) is 12.6 Å². The fourth-order valence-corrected chi connectivity index (χ4v) is 9.59. The number of allylic oxidation sites excluding steroid dienone is 1. The quantitative estimate of drug-likeness (QED) is 0.0206. The van der Waals surface area contributed by atoms with Crippen LogP contribution >= 0.6 is 0 Å². The van der Waals surface area contributed by atoms with Gasteiger partial charge in [0.25, 0.3) is 0 Å². The van der Waals surface area contributed by atoms with Crippen molar-refractivity contribution < 1.29 is 64.6 Å². The lowest BCUT2D eigenvalue weighted by Gasteiger charge is -2.46. The lowest BCUT2D eigenvalue weighted by atomic mass is 9.97. The summed E-state index contributed by atoms with van der Waals surface area (Å²) >= 11 is 0. The minimum absolute atomic E-state index is 0.235. The van der Waals surface area contributed by atoms with Gasteiger partial charge >= 0.3 is 0 Å². The van der Waals surface area contributed by atoms with E-state index < -0.39 is 86.8 Å². The van der Waals surface area contributed by atoms with E-state index in [1.807, 2.05) is 6.08 Å². The number of nitrogens with one attached hydrogen (secondary N) is 1. The monoisotopic (exact) mass is 988 g/mol. The summed E-state index contributed by atoms with van der Waals surface area (Å²) in [5, 5.41) is 86.9. The van der Waals surface area contributed by atoms with Gasteiger partial charge in [-0.3, -0.25) is 4.79 Å². The van der Waals surface area contributed by atoms with E-state index in [4.69, 9.17) is 18.9 Å². The standard InChI is InChI=1S/C55H105NO13/c1-3-5-7-9-11-13-15-17-19-20-21-22-23-25-27-29-31-33-35-37-39-47(60)56-43(44(59)38-36-34-32-30-28-26-24-18-16-14-12-10-8-6-4-2)42-66-54-52(65)50(63)53(46(41-58)68-54)69-55-51(64)49(62)48(61)45(40-57)67-55/h36,38,43-46,48-55,57-59,61-65H,3-35,37,39-42H2,1-2H3,(H,56,60)/b38-36+/t43-,44+,45+,46+,48-,49?,50?,51?,52?,53+,54+,55-/m0/s1. The van der Waals surface area contributed by atoms with Crippen LogP contribution in [0.15, 0.2) is 12.2 Å². The normalized spacial score (nSPS) is 26.2. The number of hydrogen-bond acceptors (Lipinski definition) is 13. The predicted molar refractivity (Wildman–Crippen MR) is 272 cm³/mol. The summed E-state index contributed by atoms with van der Waals surface area (Å²) in [4.78, 5) is 13.2. The van der Waals surface area contributed by atoms with Gasteiger partial charge in [0, 0.05) is 6.42 Å². The summed E-state index contributed by atoms with van der Waals surface area (Å²) < 4.78 is 22.7. The molecule has 1 amide bonds. The number of ether oxygens (including phenoxy) is 4. The van der Waals surface area contributed by atoms with Gasteiger partial charge in [0.05, 0.1) is 32.0 Å². The molecule has 9 N–H and O–H groups in total. The van der Waals surface area contributed by atoms with Crippen LogP contribution < -0.4 is 5.32 Å². The van der Waals surface area contributed by atoms with Gasteiger partial charge in [-0.15, -0.1) is 0 Å². The van der Waals surface area contributed by atoms with Crippen molar-refractivity contribution in [3.8, 4) is 0 Å². The summed E-state index contributed by atoms with van der Waals surface area (Å²) in [6, 6.07) is -0.908. The zero-order chi connectivity index (χ0) is 50.3. The Hall–Kier alpha value is -1.27. The van der Waals surface area contributed by atoms with Crippen LogP contribution in [-0.2, 0) is 23.7 Å².